The highest BCUT2D eigenvalue weighted by molar-refractivity contribution is 6.30. The molecule has 0 atom stereocenters. The van der Waals surface area contributed by atoms with E-state index in [1.807, 2.05) is 18.2 Å². The van der Waals surface area contributed by atoms with Gasteiger partial charge in [-0.15, -0.1) is 0 Å². The molecule has 0 spiro atoms. The number of nitrogens with one attached hydrogen (secondary N) is 1. The zero-order chi connectivity index (χ0) is 20.8. The third-order valence-corrected chi connectivity index (χ3v) is 5.19. The fraction of sp³-hybridized carbons (Fsp3) is 0.381. The van der Waals surface area contributed by atoms with Gasteiger partial charge in [0.2, 0.25) is 5.75 Å². The van der Waals surface area contributed by atoms with Crippen molar-refractivity contribution < 1.29 is 14.6 Å². The van der Waals surface area contributed by atoms with Crippen molar-refractivity contribution >= 4 is 23.2 Å². The molecule has 2 aromatic carbocycles. The lowest BCUT2D eigenvalue weighted by Crippen LogP contribution is -2.52. The Kier molecular flexibility index (Phi) is 6.93. The summed E-state index contributed by atoms with van der Waals surface area (Å²) in [6, 6.07) is 11.5. The van der Waals surface area contributed by atoms with E-state index in [4.69, 9.17) is 21.1 Å². The summed E-state index contributed by atoms with van der Waals surface area (Å²) in [6.07, 6.45) is 0. The highest BCUT2D eigenvalue weighted by Crippen LogP contribution is 2.37. The van der Waals surface area contributed by atoms with Crippen molar-refractivity contribution in [1.82, 2.24) is 10.2 Å². The van der Waals surface area contributed by atoms with E-state index in [0.717, 1.165) is 48.4 Å². The molecule has 156 valence electrons. The molecular formula is C21H27ClN4O3. The number of phenolic OH excluding ortho intramolecular Hbond substituents is 1. The van der Waals surface area contributed by atoms with Crippen molar-refractivity contribution in [2.45, 2.75) is 6.54 Å². The van der Waals surface area contributed by atoms with Crippen LogP contribution in [0.3, 0.4) is 0 Å². The van der Waals surface area contributed by atoms with Gasteiger partial charge in [0.15, 0.2) is 17.5 Å². The standard InChI is InChI=1S/C21H27ClN4O3/c1-23-21(24-14-15-11-18(28-2)20(27)19(12-15)29-3)26-9-7-25(8-10-26)17-6-4-5-16(22)13-17/h4-6,11-13,27H,7-10,14H2,1-3H3,(H,23,24). The number of rotatable bonds is 5. The van der Waals surface area contributed by atoms with E-state index in [0.29, 0.717) is 18.0 Å². The summed E-state index contributed by atoms with van der Waals surface area (Å²) in [4.78, 5) is 8.98. The molecular weight excluding hydrogens is 392 g/mol. The average Bonchev–Trinajstić information content (AvgIpc) is 2.75. The minimum absolute atomic E-state index is 0.000249. The summed E-state index contributed by atoms with van der Waals surface area (Å²) < 4.78 is 10.5. The quantitative estimate of drug-likeness (QED) is 0.574. The molecule has 0 aromatic heterocycles. The third kappa shape index (κ3) is 4.98. The molecule has 0 unspecified atom stereocenters. The normalized spacial score (nSPS) is 14.7. The monoisotopic (exact) mass is 418 g/mol. The number of aliphatic imine (C=N–C) groups is 1. The van der Waals surface area contributed by atoms with Crippen LogP contribution in [-0.2, 0) is 6.54 Å². The second kappa shape index (κ2) is 9.60. The molecule has 2 aromatic rings. The van der Waals surface area contributed by atoms with Gasteiger partial charge in [-0.05, 0) is 35.9 Å². The molecule has 3 rings (SSSR count). The fourth-order valence-electron chi connectivity index (χ4n) is 3.41. The number of anilines is 1. The topological polar surface area (TPSA) is 69.6 Å². The van der Waals surface area contributed by atoms with Gasteiger partial charge >= 0.3 is 0 Å². The zero-order valence-electron chi connectivity index (χ0n) is 17.0. The van der Waals surface area contributed by atoms with Crippen LogP contribution in [0.2, 0.25) is 5.02 Å². The second-order valence-corrected chi connectivity index (χ2v) is 7.14. The van der Waals surface area contributed by atoms with Crippen molar-refractivity contribution in [3.05, 3.63) is 47.0 Å². The molecule has 0 aliphatic carbocycles. The van der Waals surface area contributed by atoms with Crippen LogP contribution in [0.25, 0.3) is 0 Å². The van der Waals surface area contributed by atoms with E-state index in [1.165, 1.54) is 14.2 Å². The molecule has 1 heterocycles. The van der Waals surface area contributed by atoms with Crippen LogP contribution in [0.4, 0.5) is 5.69 Å². The van der Waals surface area contributed by atoms with Gasteiger partial charge in [-0.2, -0.15) is 0 Å². The van der Waals surface area contributed by atoms with Gasteiger partial charge in [-0.3, -0.25) is 4.99 Å². The zero-order valence-corrected chi connectivity index (χ0v) is 17.7. The van der Waals surface area contributed by atoms with Crippen molar-refractivity contribution in [1.29, 1.82) is 0 Å². The van der Waals surface area contributed by atoms with Crippen LogP contribution < -0.4 is 19.7 Å². The van der Waals surface area contributed by atoms with Gasteiger partial charge in [0.05, 0.1) is 14.2 Å². The molecule has 1 aliphatic heterocycles. The molecule has 8 heteroatoms. The molecule has 7 nitrogen and oxygen atoms in total. The molecule has 0 bridgehead atoms. The number of methoxy groups -OCH3 is 2. The molecule has 0 saturated carbocycles. The average molecular weight is 419 g/mol. The number of halogens is 1. The van der Waals surface area contributed by atoms with E-state index in [1.54, 1.807) is 19.2 Å². The SMILES string of the molecule is CN=C(NCc1cc(OC)c(O)c(OC)c1)N1CCN(c2cccc(Cl)c2)CC1. The van der Waals surface area contributed by atoms with E-state index in [2.05, 4.69) is 26.2 Å². The van der Waals surface area contributed by atoms with Crippen LogP contribution in [-0.4, -0.2) is 63.4 Å². The lowest BCUT2D eigenvalue weighted by Gasteiger charge is -2.37. The summed E-state index contributed by atoms with van der Waals surface area (Å²) in [5, 5.41) is 14.2. The second-order valence-electron chi connectivity index (χ2n) is 6.70. The molecule has 0 radical (unpaired) electrons. The van der Waals surface area contributed by atoms with Crippen LogP contribution in [0.1, 0.15) is 5.56 Å². The van der Waals surface area contributed by atoms with Crippen LogP contribution in [0, 0.1) is 0 Å². The van der Waals surface area contributed by atoms with Crippen LogP contribution >= 0.6 is 11.6 Å². The van der Waals surface area contributed by atoms with Crippen LogP contribution in [0.15, 0.2) is 41.4 Å². The molecule has 1 aliphatic rings. The third-order valence-electron chi connectivity index (χ3n) is 4.95. The summed E-state index contributed by atoms with van der Waals surface area (Å²) in [5.41, 5.74) is 2.07. The van der Waals surface area contributed by atoms with Crippen molar-refractivity contribution in [2.75, 3.05) is 52.3 Å². The number of piperazine rings is 1. The first-order valence-electron chi connectivity index (χ1n) is 9.45. The van der Waals surface area contributed by atoms with E-state index < -0.39 is 0 Å². The smallest absolute Gasteiger partial charge is 0.200 e. The molecule has 1 fully saturated rings. The maximum absolute atomic E-state index is 10.1. The largest absolute Gasteiger partial charge is 0.502 e. The Hall–Kier alpha value is -2.80. The Labute approximate surface area is 176 Å². The van der Waals surface area contributed by atoms with Crippen molar-refractivity contribution in [2.24, 2.45) is 4.99 Å². The van der Waals surface area contributed by atoms with Crippen molar-refractivity contribution in [3.8, 4) is 17.2 Å². The molecule has 2 N–H and O–H groups in total. The summed E-state index contributed by atoms with van der Waals surface area (Å²) in [6.45, 7) is 4.03. The van der Waals surface area contributed by atoms with Gasteiger partial charge in [-0.25, -0.2) is 0 Å². The number of hydrogen-bond donors (Lipinski definition) is 2. The predicted octanol–water partition coefficient (Wildman–Crippen LogP) is 2.96. The first-order chi connectivity index (χ1) is 14.0. The van der Waals surface area contributed by atoms with Crippen molar-refractivity contribution in [3.63, 3.8) is 0 Å². The Balaban J connectivity index is 1.60. The lowest BCUT2D eigenvalue weighted by molar-refractivity contribution is 0.339. The number of nitrogens with zero attached hydrogens (tertiary/aromatic N) is 3. The summed E-state index contributed by atoms with van der Waals surface area (Å²) >= 11 is 6.12. The predicted molar refractivity (Wildman–Crippen MR) is 117 cm³/mol. The Bertz CT molecular complexity index is 842. The number of aromatic hydroxyl groups is 1. The van der Waals surface area contributed by atoms with Gasteiger partial charge in [0.25, 0.3) is 0 Å². The first-order valence-corrected chi connectivity index (χ1v) is 9.83. The minimum atomic E-state index is 0.000249. The van der Waals surface area contributed by atoms with Gasteiger partial charge < -0.3 is 29.7 Å². The molecule has 1 saturated heterocycles. The molecule has 29 heavy (non-hydrogen) atoms. The molecule has 0 amide bonds. The first kappa shape index (κ1) is 20.9. The van der Waals surface area contributed by atoms with E-state index >= 15 is 0 Å². The number of benzene rings is 2. The van der Waals surface area contributed by atoms with Gasteiger partial charge in [0.1, 0.15) is 0 Å². The lowest BCUT2D eigenvalue weighted by atomic mass is 10.2. The summed E-state index contributed by atoms with van der Waals surface area (Å²) in [7, 11) is 4.82. The Morgan fingerprint density at radius 3 is 2.31 bits per heavy atom. The maximum atomic E-state index is 10.1. The van der Waals surface area contributed by atoms with E-state index in [9.17, 15) is 5.11 Å². The number of guanidine groups is 1. The minimum Gasteiger partial charge on any atom is -0.502 e. The summed E-state index contributed by atoms with van der Waals surface area (Å²) in [5.74, 6) is 1.60. The number of ether oxygens (including phenoxy) is 2. The number of phenols is 1. The van der Waals surface area contributed by atoms with Gasteiger partial charge in [0, 0.05) is 50.5 Å². The van der Waals surface area contributed by atoms with Crippen LogP contribution in [0.5, 0.6) is 17.2 Å². The maximum Gasteiger partial charge on any atom is 0.200 e. The highest BCUT2D eigenvalue weighted by atomic mass is 35.5. The van der Waals surface area contributed by atoms with Gasteiger partial charge in [-0.1, -0.05) is 17.7 Å². The van der Waals surface area contributed by atoms with E-state index in [-0.39, 0.29) is 5.75 Å². The Morgan fingerprint density at radius 2 is 1.76 bits per heavy atom. The highest BCUT2D eigenvalue weighted by Gasteiger charge is 2.20. The number of hydrogen-bond acceptors (Lipinski definition) is 5. The Morgan fingerprint density at radius 1 is 1.10 bits per heavy atom. The fourth-order valence-corrected chi connectivity index (χ4v) is 3.60.